The topological polar surface area (TPSA) is 34.2 Å². The van der Waals surface area contributed by atoms with Gasteiger partial charge in [-0.05, 0) is 25.6 Å². The van der Waals surface area contributed by atoms with Crippen LogP contribution in [0, 0.1) is 6.92 Å². The summed E-state index contributed by atoms with van der Waals surface area (Å²) < 4.78 is 28.5. The molecule has 5 heteroatoms. The molecule has 0 saturated heterocycles. The summed E-state index contributed by atoms with van der Waals surface area (Å²) in [5.74, 6) is 0.136. The predicted molar refractivity (Wildman–Crippen MR) is 53.0 cm³/mol. The maximum Gasteiger partial charge on any atom is 0.387 e. The van der Waals surface area contributed by atoms with Crippen LogP contribution in [0.4, 0.5) is 8.78 Å². The van der Waals surface area contributed by atoms with Gasteiger partial charge in [0.25, 0.3) is 0 Å². The Morgan fingerprint density at radius 3 is 2.80 bits per heavy atom. The SMILES string of the molecule is CCNCc1nc(C)ccc1OC(F)F. The Bertz CT molecular complexity index is 318. The van der Waals surface area contributed by atoms with E-state index in [2.05, 4.69) is 15.0 Å². The van der Waals surface area contributed by atoms with Gasteiger partial charge in [0.05, 0.1) is 5.69 Å². The molecular weight excluding hydrogens is 202 g/mol. The third-order valence-corrected chi connectivity index (χ3v) is 1.83. The van der Waals surface area contributed by atoms with Gasteiger partial charge >= 0.3 is 6.61 Å². The number of ether oxygens (including phenoxy) is 1. The van der Waals surface area contributed by atoms with Gasteiger partial charge in [-0.1, -0.05) is 6.92 Å². The fourth-order valence-electron chi connectivity index (χ4n) is 1.17. The van der Waals surface area contributed by atoms with E-state index in [4.69, 9.17) is 0 Å². The Morgan fingerprint density at radius 1 is 1.47 bits per heavy atom. The van der Waals surface area contributed by atoms with Crippen LogP contribution in [0.3, 0.4) is 0 Å². The molecule has 0 aromatic carbocycles. The zero-order valence-electron chi connectivity index (χ0n) is 8.76. The smallest absolute Gasteiger partial charge is 0.387 e. The quantitative estimate of drug-likeness (QED) is 0.818. The number of rotatable bonds is 5. The van der Waals surface area contributed by atoms with Crippen LogP contribution in [0.5, 0.6) is 5.75 Å². The zero-order valence-corrected chi connectivity index (χ0v) is 8.76. The first-order chi connectivity index (χ1) is 7.13. The fraction of sp³-hybridized carbons (Fsp3) is 0.500. The normalized spacial score (nSPS) is 10.7. The van der Waals surface area contributed by atoms with Crippen molar-refractivity contribution in [1.82, 2.24) is 10.3 Å². The molecule has 15 heavy (non-hydrogen) atoms. The van der Waals surface area contributed by atoms with E-state index >= 15 is 0 Å². The van der Waals surface area contributed by atoms with Crippen molar-refractivity contribution in [2.45, 2.75) is 27.0 Å². The minimum Gasteiger partial charge on any atom is -0.433 e. The number of nitrogens with zero attached hydrogens (tertiary/aromatic N) is 1. The molecule has 1 rings (SSSR count). The second kappa shape index (κ2) is 5.60. The van der Waals surface area contributed by atoms with E-state index in [0.29, 0.717) is 12.2 Å². The van der Waals surface area contributed by atoms with Crippen molar-refractivity contribution in [1.29, 1.82) is 0 Å². The molecule has 1 aromatic rings. The van der Waals surface area contributed by atoms with Crippen LogP contribution in [0.15, 0.2) is 12.1 Å². The van der Waals surface area contributed by atoms with Gasteiger partial charge in [-0.3, -0.25) is 4.98 Å². The summed E-state index contributed by atoms with van der Waals surface area (Å²) in [7, 11) is 0. The Morgan fingerprint density at radius 2 is 2.20 bits per heavy atom. The van der Waals surface area contributed by atoms with Crippen molar-refractivity contribution in [3.05, 3.63) is 23.5 Å². The number of hydrogen-bond donors (Lipinski definition) is 1. The van der Waals surface area contributed by atoms with Crippen molar-refractivity contribution in [3.63, 3.8) is 0 Å². The molecule has 0 amide bonds. The molecule has 0 unspecified atom stereocenters. The van der Waals surface area contributed by atoms with E-state index in [1.807, 2.05) is 13.8 Å². The molecule has 0 bridgehead atoms. The molecule has 84 valence electrons. The van der Waals surface area contributed by atoms with Crippen LogP contribution in [0.25, 0.3) is 0 Å². The van der Waals surface area contributed by atoms with Crippen LogP contribution in [0.2, 0.25) is 0 Å². The first-order valence-corrected chi connectivity index (χ1v) is 4.75. The van der Waals surface area contributed by atoms with E-state index in [-0.39, 0.29) is 5.75 Å². The highest BCUT2D eigenvalue weighted by Crippen LogP contribution is 2.19. The van der Waals surface area contributed by atoms with E-state index in [9.17, 15) is 8.78 Å². The first kappa shape index (κ1) is 11.8. The highest BCUT2D eigenvalue weighted by Gasteiger charge is 2.10. The largest absolute Gasteiger partial charge is 0.433 e. The number of halogens is 2. The van der Waals surface area contributed by atoms with E-state index < -0.39 is 6.61 Å². The molecule has 1 N–H and O–H groups in total. The predicted octanol–water partition coefficient (Wildman–Crippen LogP) is 2.10. The summed E-state index contributed by atoms with van der Waals surface area (Å²) >= 11 is 0. The third-order valence-electron chi connectivity index (χ3n) is 1.83. The zero-order chi connectivity index (χ0) is 11.3. The number of alkyl halides is 2. The van der Waals surface area contributed by atoms with Gasteiger partial charge in [-0.15, -0.1) is 0 Å². The lowest BCUT2D eigenvalue weighted by Gasteiger charge is -2.10. The van der Waals surface area contributed by atoms with Crippen LogP contribution in [-0.4, -0.2) is 18.1 Å². The number of pyridine rings is 1. The molecule has 0 aliphatic heterocycles. The maximum atomic E-state index is 12.1. The molecule has 1 aromatic heterocycles. The standard InChI is InChI=1S/C10H14F2N2O/c1-3-13-6-8-9(15-10(11)12)5-4-7(2)14-8/h4-5,10,13H,3,6H2,1-2H3. The summed E-state index contributed by atoms with van der Waals surface area (Å²) in [6.45, 7) is 2.12. The summed E-state index contributed by atoms with van der Waals surface area (Å²) in [6, 6.07) is 3.16. The van der Waals surface area contributed by atoms with Gasteiger partial charge in [0, 0.05) is 12.2 Å². The van der Waals surface area contributed by atoms with E-state index in [1.54, 1.807) is 6.07 Å². The number of nitrogens with one attached hydrogen (secondary N) is 1. The van der Waals surface area contributed by atoms with Gasteiger partial charge in [0.15, 0.2) is 0 Å². The minimum atomic E-state index is -2.81. The van der Waals surface area contributed by atoms with Crippen LogP contribution in [-0.2, 0) is 6.54 Å². The molecule has 0 aliphatic carbocycles. The summed E-state index contributed by atoms with van der Waals surface area (Å²) in [4.78, 5) is 4.14. The molecular formula is C10H14F2N2O. The van der Waals surface area contributed by atoms with Crippen molar-refractivity contribution >= 4 is 0 Å². The van der Waals surface area contributed by atoms with Crippen molar-refractivity contribution < 1.29 is 13.5 Å². The Hall–Kier alpha value is -1.23. The lowest BCUT2D eigenvalue weighted by Crippen LogP contribution is -2.15. The number of aromatic nitrogens is 1. The molecule has 0 fully saturated rings. The highest BCUT2D eigenvalue weighted by atomic mass is 19.3. The van der Waals surface area contributed by atoms with E-state index in [1.165, 1.54) is 6.07 Å². The van der Waals surface area contributed by atoms with Crippen LogP contribution in [0.1, 0.15) is 18.3 Å². The molecule has 0 atom stereocenters. The van der Waals surface area contributed by atoms with Crippen LogP contribution < -0.4 is 10.1 Å². The number of aryl methyl sites for hydroxylation is 1. The van der Waals surface area contributed by atoms with Gasteiger partial charge in [-0.25, -0.2) is 0 Å². The van der Waals surface area contributed by atoms with Crippen molar-refractivity contribution in [2.75, 3.05) is 6.54 Å². The Labute approximate surface area is 87.5 Å². The van der Waals surface area contributed by atoms with Gasteiger partial charge in [0.2, 0.25) is 0 Å². The van der Waals surface area contributed by atoms with Gasteiger partial charge in [-0.2, -0.15) is 8.78 Å². The average molecular weight is 216 g/mol. The summed E-state index contributed by atoms with van der Waals surface area (Å²) in [5, 5.41) is 3.02. The Kier molecular flexibility index (Phi) is 4.42. The summed E-state index contributed by atoms with van der Waals surface area (Å²) in [5.41, 5.74) is 1.29. The molecule has 3 nitrogen and oxygen atoms in total. The fourth-order valence-corrected chi connectivity index (χ4v) is 1.17. The average Bonchev–Trinajstić information content (AvgIpc) is 2.18. The minimum absolute atomic E-state index is 0.136. The maximum absolute atomic E-state index is 12.1. The molecule has 0 spiro atoms. The summed E-state index contributed by atoms with van der Waals surface area (Å²) in [6.07, 6.45) is 0. The third kappa shape index (κ3) is 3.79. The molecule has 0 aliphatic rings. The van der Waals surface area contributed by atoms with Crippen molar-refractivity contribution in [2.24, 2.45) is 0 Å². The highest BCUT2D eigenvalue weighted by molar-refractivity contribution is 5.29. The first-order valence-electron chi connectivity index (χ1n) is 4.75. The van der Waals surface area contributed by atoms with Gasteiger partial charge in [0.1, 0.15) is 5.75 Å². The van der Waals surface area contributed by atoms with Crippen molar-refractivity contribution in [3.8, 4) is 5.75 Å². The molecule has 0 radical (unpaired) electrons. The Balaban J connectivity index is 2.82. The lowest BCUT2D eigenvalue weighted by atomic mass is 10.3. The monoisotopic (exact) mass is 216 g/mol. The lowest BCUT2D eigenvalue weighted by molar-refractivity contribution is -0.0508. The number of hydrogen-bond acceptors (Lipinski definition) is 3. The van der Waals surface area contributed by atoms with Gasteiger partial charge < -0.3 is 10.1 Å². The second-order valence-electron chi connectivity index (χ2n) is 3.06. The second-order valence-corrected chi connectivity index (χ2v) is 3.06. The molecule has 0 saturated carbocycles. The van der Waals surface area contributed by atoms with E-state index in [0.717, 1.165) is 12.2 Å². The molecule has 1 heterocycles. The van der Waals surface area contributed by atoms with Crippen LogP contribution >= 0.6 is 0 Å².